The van der Waals surface area contributed by atoms with Gasteiger partial charge in [-0.25, -0.2) is 9.59 Å². The number of rotatable bonds is 19. The molecule has 5 N–H and O–H groups in total. The molecule has 178 valence electrons. The summed E-state index contributed by atoms with van der Waals surface area (Å²) in [5, 5.41) is 31.2. The van der Waals surface area contributed by atoms with Gasteiger partial charge in [0, 0.05) is 12.8 Å². The lowest BCUT2D eigenvalue weighted by Gasteiger charge is -2.16. The summed E-state index contributed by atoms with van der Waals surface area (Å²) in [6.45, 7) is 2.17. The molecular formula is C21H36N2O8. The predicted molar refractivity (Wildman–Crippen MR) is 112 cm³/mol. The van der Waals surface area contributed by atoms with Crippen molar-refractivity contribution in [2.24, 2.45) is 0 Å². The maximum atomic E-state index is 12.0. The van der Waals surface area contributed by atoms with E-state index < -0.39 is 48.2 Å². The number of carbonyl (C=O) groups excluding carboxylic acids is 2. The van der Waals surface area contributed by atoms with Gasteiger partial charge in [0.15, 0.2) is 0 Å². The van der Waals surface area contributed by atoms with Crippen LogP contribution < -0.4 is 10.6 Å². The first-order valence-corrected chi connectivity index (χ1v) is 10.9. The summed E-state index contributed by atoms with van der Waals surface area (Å²) in [6, 6.07) is -2.88. The molecule has 0 saturated heterocycles. The zero-order valence-electron chi connectivity index (χ0n) is 18.2. The van der Waals surface area contributed by atoms with Gasteiger partial charge in [-0.05, 0) is 12.8 Å². The third kappa shape index (κ3) is 15.8. The Kier molecular flexibility index (Phi) is 15.6. The number of amides is 2. The highest BCUT2D eigenvalue weighted by molar-refractivity contribution is 5.87. The van der Waals surface area contributed by atoms with Crippen LogP contribution in [0.4, 0.5) is 0 Å². The summed E-state index contributed by atoms with van der Waals surface area (Å²) in [4.78, 5) is 56.7. The van der Waals surface area contributed by atoms with Crippen LogP contribution in [0.5, 0.6) is 0 Å². The van der Waals surface area contributed by atoms with E-state index in [0.29, 0.717) is 6.42 Å². The number of carbonyl (C=O) groups is 5. The first-order chi connectivity index (χ1) is 14.7. The fourth-order valence-corrected chi connectivity index (χ4v) is 3.04. The molecule has 0 bridgehead atoms. The van der Waals surface area contributed by atoms with Crippen molar-refractivity contribution in [1.29, 1.82) is 0 Å². The molecule has 2 amide bonds. The van der Waals surface area contributed by atoms with Gasteiger partial charge in [-0.3, -0.25) is 14.4 Å². The van der Waals surface area contributed by atoms with Crippen LogP contribution in [-0.2, 0) is 24.0 Å². The topological polar surface area (TPSA) is 170 Å². The lowest BCUT2D eigenvalue weighted by atomic mass is 10.1. The van der Waals surface area contributed by atoms with Crippen LogP contribution in [0.2, 0.25) is 0 Å². The van der Waals surface area contributed by atoms with Gasteiger partial charge in [0.2, 0.25) is 11.8 Å². The van der Waals surface area contributed by atoms with Crippen LogP contribution in [0.15, 0.2) is 0 Å². The van der Waals surface area contributed by atoms with E-state index in [4.69, 9.17) is 10.2 Å². The SMILES string of the molecule is CCCCCCCCCCCC(=O)N[C@@H](CCC(=O)NC(CC(=O)O)C(=O)O)C(=O)O. The van der Waals surface area contributed by atoms with Gasteiger partial charge in [0.25, 0.3) is 0 Å². The van der Waals surface area contributed by atoms with Crippen LogP contribution in [0.3, 0.4) is 0 Å². The summed E-state index contributed by atoms with van der Waals surface area (Å²) in [6.07, 6.45) is 8.65. The van der Waals surface area contributed by atoms with Crippen molar-refractivity contribution < 1.29 is 39.3 Å². The van der Waals surface area contributed by atoms with E-state index in [-0.39, 0.29) is 19.3 Å². The second-order valence-corrected chi connectivity index (χ2v) is 7.63. The van der Waals surface area contributed by atoms with E-state index in [1.54, 1.807) is 0 Å². The third-order valence-electron chi connectivity index (χ3n) is 4.81. The maximum Gasteiger partial charge on any atom is 0.326 e. The second kappa shape index (κ2) is 17.1. The first-order valence-electron chi connectivity index (χ1n) is 10.9. The summed E-state index contributed by atoms with van der Waals surface area (Å²) in [7, 11) is 0. The largest absolute Gasteiger partial charge is 0.481 e. The van der Waals surface area contributed by atoms with Gasteiger partial charge in [-0.1, -0.05) is 58.3 Å². The number of nitrogens with one attached hydrogen (secondary N) is 2. The average Bonchev–Trinajstić information content (AvgIpc) is 2.68. The molecular weight excluding hydrogens is 408 g/mol. The minimum Gasteiger partial charge on any atom is -0.481 e. The van der Waals surface area contributed by atoms with E-state index in [0.717, 1.165) is 19.3 Å². The fraction of sp³-hybridized carbons (Fsp3) is 0.762. The van der Waals surface area contributed by atoms with Crippen molar-refractivity contribution in [2.45, 2.75) is 102 Å². The Labute approximate surface area is 182 Å². The molecule has 0 aliphatic heterocycles. The van der Waals surface area contributed by atoms with Gasteiger partial charge in [0.1, 0.15) is 12.1 Å². The van der Waals surface area contributed by atoms with Gasteiger partial charge >= 0.3 is 17.9 Å². The molecule has 0 aromatic heterocycles. The molecule has 0 spiro atoms. The van der Waals surface area contributed by atoms with Gasteiger partial charge in [-0.2, -0.15) is 0 Å². The predicted octanol–water partition coefficient (Wildman–Crippen LogP) is 2.30. The standard InChI is InChI=1S/C21H36N2O8/c1-2-3-4-5-6-7-8-9-10-11-17(24)22-15(20(28)29)12-13-18(25)23-16(21(30)31)14-19(26)27/h15-16H,2-14H2,1H3,(H,22,24)(H,23,25)(H,26,27)(H,28,29)(H,30,31)/t15-,16?/m0/s1. The smallest absolute Gasteiger partial charge is 0.326 e. The Balaban J connectivity index is 4.18. The van der Waals surface area contributed by atoms with Crippen molar-refractivity contribution in [3.05, 3.63) is 0 Å². The number of carboxylic acid groups (broad SMARTS) is 3. The van der Waals surface area contributed by atoms with E-state index >= 15 is 0 Å². The summed E-state index contributed by atoms with van der Waals surface area (Å²) < 4.78 is 0. The number of carboxylic acids is 3. The van der Waals surface area contributed by atoms with Crippen LogP contribution in [-0.4, -0.2) is 57.1 Å². The van der Waals surface area contributed by atoms with Crippen molar-refractivity contribution in [3.8, 4) is 0 Å². The highest BCUT2D eigenvalue weighted by atomic mass is 16.4. The van der Waals surface area contributed by atoms with E-state index in [1.165, 1.54) is 32.1 Å². The van der Waals surface area contributed by atoms with Crippen LogP contribution in [0, 0.1) is 0 Å². The summed E-state index contributed by atoms with van der Waals surface area (Å²) in [5.41, 5.74) is 0. The molecule has 0 heterocycles. The summed E-state index contributed by atoms with van der Waals surface area (Å²) >= 11 is 0. The third-order valence-corrected chi connectivity index (χ3v) is 4.81. The molecule has 0 radical (unpaired) electrons. The van der Waals surface area contributed by atoms with Crippen molar-refractivity contribution in [1.82, 2.24) is 10.6 Å². The molecule has 0 aliphatic rings. The van der Waals surface area contributed by atoms with Crippen molar-refractivity contribution >= 4 is 29.7 Å². The molecule has 0 saturated carbocycles. The maximum absolute atomic E-state index is 12.0. The molecule has 10 nitrogen and oxygen atoms in total. The number of hydrogen-bond donors (Lipinski definition) is 5. The Hall–Kier alpha value is -2.65. The zero-order chi connectivity index (χ0) is 23.6. The minimum atomic E-state index is -1.60. The van der Waals surface area contributed by atoms with Crippen LogP contribution >= 0.6 is 0 Å². The fourth-order valence-electron chi connectivity index (χ4n) is 3.04. The molecule has 10 heteroatoms. The quantitative estimate of drug-likeness (QED) is 0.189. The van der Waals surface area contributed by atoms with Gasteiger partial charge in [-0.15, -0.1) is 0 Å². The summed E-state index contributed by atoms with van der Waals surface area (Å²) in [5.74, 6) is -5.40. The van der Waals surface area contributed by atoms with Crippen LogP contribution in [0.25, 0.3) is 0 Å². The molecule has 0 aromatic rings. The monoisotopic (exact) mass is 444 g/mol. The van der Waals surface area contributed by atoms with Crippen molar-refractivity contribution in [3.63, 3.8) is 0 Å². The number of unbranched alkanes of at least 4 members (excludes halogenated alkanes) is 8. The Morgan fingerprint density at radius 1 is 0.645 bits per heavy atom. The lowest BCUT2D eigenvalue weighted by Crippen LogP contribution is -2.44. The van der Waals surface area contributed by atoms with Crippen LogP contribution in [0.1, 0.15) is 90.4 Å². The lowest BCUT2D eigenvalue weighted by molar-refractivity contribution is -0.147. The number of aliphatic carboxylic acids is 3. The molecule has 0 fully saturated rings. The number of hydrogen-bond acceptors (Lipinski definition) is 5. The van der Waals surface area contributed by atoms with E-state index in [9.17, 15) is 29.1 Å². The van der Waals surface area contributed by atoms with E-state index in [1.807, 2.05) is 5.32 Å². The molecule has 0 rings (SSSR count). The Morgan fingerprint density at radius 3 is 1.58 bits per heavy atom. The highest BCUT2D eigenvalue weighted by Gasteiger charge is 2.25. The normalized spacial score (nSPS) is 12.5. The average molecular weight is 445 g/mol. The first kappa shape index (κ1) is 28.4. The van der Waals surface area contributed by atoms with Gasteiger partial charge in [0.05, 0.1) is 6.42 Å². The Bertz CT molecular complexity index is 594. The Morgan fingerprint density at radius 2 is 1.10 bits per heavy atom. The zero-order valence-corrected chi connectivity index (χ0v) is 18.2. The molecule has 2 atom stereocenters. The molecule has 1 unspecified atom stereocenters. The molecule has 0 aliphatic carbocycles. The van der Waals surface area contributed by atoms with Gasteiger partial charge < -0.3 is 26.0 Å². The van der Waals surface area contributed by atoms with E-state index in [2.05, 4.69) is 12.2 Å². The molecule has 0 aromatic carbocycles. The van der Waals surface area contributed by atoms with Crippen molar-refractivity contribution in [2.75, 3.05) is 0 Å². The molecule has 31 heavy (non-hydrogen) atoms. The minimum absolute atomic E-state index is 0.200. The highest BCUT2D eigenvalue weighted by Crippen LogP contribution is 2.10. The second-order valence-electron chi connectivity index (χ2n) is 7.63.